The fourth-order valence-electron chi connectivity index (χ4n) is 1.84. The molecule has 0 heterocycles. The van der Waals surface area contributed by atoms with Gasteiger partial charge < -0.3 is 19.3 Å². The van der Waals surface area contributed by atoms with E-state index in [-0.39, 0.29) is 25.4 Å². The van der Waals surface area contributed by atoms with Gasteiger partial charge in [0.1, 0.15) is 6.79 Å². The van der Waals surface area contributed by atoms with Crippen molar-refractivity contribution in [2.45, 2.75) is 12.5 Å². The van der Waals surface area contributed by atoms with Crippen LogP contribution in [0.2, 0.25) is 0 Å². The molecule has 0 radical (unpaired) electrons. The van der Waals surface area contributed by atoms with Gasteiger partial charge in [-0.25, -0.2) is 0 Å². The molecule has 0 aliphatic heterocycles. The summed E-state index contributed by atoms with van der Waals surface area (Å²) in [7, 11) is 3.29. The van der Waals surface area contributed by atoms with Crippen LogP contribution < -0.4 is 0 Å². The molecule has 1 aliphatic carbocycles. The standard InChI is InChI=1S/C11H20O4/c1-13-7-9-3-4-10(6-12)11(5-9)15-8-14-2/h3-4,9-12H,5-8H2,1-2H3/t9-,10+,11-/m1/s1. The second-order valence-corrected chi connectivity index (χ2v) is 3.79. The van der Waals surface area contributed by atoms with Gasteiger partial charge in [-0.15, -0.1) is 0 Å². The fraction of sp³-hybridized carbons (Fsp3) is 0.818. The summed E-state index contributed by atoms with van der Waals surface area (Å²) < 4.78 is 15.5. The monoisotopic (exact) mass is 216 g/mol. The Labute approximate surface area is 90.8 Å². The van der Waals surface area contributed by atoms with Crippen molar-refractivity contribution in [3.8, 4) is 0 Å². The van der Waals surface area contributed by atoms with Crippen LogP contribution in [-0.4, -0.2) is 45.4 Å². The molecule has 0 fully saturated rings. The van der Waals surface area contributed by atoms with E-state index in [1.54, 1.807) is 14.2 Å². The van der Waals surface area contributed by atoms with Gasteiger partial charge in [-0.05, 0) is 6.42 Å². The zero-order valence-corrected chi connectivity index (χ0v) is 9.39. The van der Waals surface area contributed by atoms with E-state index >= 15 is 0 Å². The van der Waals surface area contributed by atoms with E-state index in [0.29, 0.717) is 12.5 Å². The molecule has 0 spiro atoms. The summed E-state index contributed by atoms with van der Waals surface area (Å²) >= 11 is 0. The number of rotatable bonds is 6. The van der Waals surface area contributed by atoms with E-state index in [0.717, 1.165) is 6.42 Å². The average Bonchev–Trinajstić information content (AvgIpc) is 2.27. The third-order valence-electron chi connectivity index (χ3n) is 2.63. The summed E-state index contributed by atoms with van der Waals surface area (Å²) in [5, 5.41) is 9.17. The van der Waals surface area contributed by atoms with Gasteiger partial charge in [0.05, 0.1) is 19.3 Å². The molecular weight excluding hydrogens is 196 g/mol. The van der Waals surface area contributed by atoms with E-state index < -0.39 is 0 Å². The lowest BCUT2D eigenvalue weighted by Crippen LogP contribution is -2.32. The van der Waals surface area contributed by atoms with Crippen molar-refractivity contribution in [3.05, 3.63) is 12.2 Å². The number of aliphatic hydroxyl groups excluding tert-OH is 1. The molecule has 0 aromatic rings. The first kappa shape index (κ1) is 12.6. The first-order chi connectivity index (χ1) is 7.31. The highest BCUT2D eigenvalue weighted by atomic mass is 16.7. The highest BCUT2D eigenvalue weighted by molar-refractivity contribution is 5.02. The molecule has 4 nitrogen and oxygen atoms in total. The van der Waals surface area contributed by atoms with Gasteiger partial charge in [0, 0.05) is 26.1 Å². The van der Waals surface area contributed by atoms with Gasteiger partial charge in [0.25, 0.3) is 0 Å². The van der Waals surface area contributed by atoms with Crippen LogP contribution in [0.3, 0.4) is 0 Å². The zero-order chi connectivity index (χ0) is 11.1. The minimum atomic E-state index is 0.0279. The van der Waals surface area contributed by atoms with Crippen LogP contribution in [0.4, 0.5) is 0 Å². The van der Waals surface area contributed by atoms with Gasteiger partial charge in [-0.3, -0.25) is 0 Å². The Morgan fingerprint density at radius 3 is 2.67 bits per heavy atom. The van der Waals surface area contributed by atoms with Gasteiger partial charge in [-0.2, -0.15) is 0 Å². The Balaban J connectivity index is 2.47. The Morgan fingerprint density at radius 2 is 2.07 bits per heavy atom. The Morgan fingerprint density at radius 1 is 1.27 bits per heavy atom. The minimum absolute atomic E-state index is 0.0279. The van der Waals surface area contributed by atoms with Gasteiger partial charge >= 0.3 is 0 Å². The summed E-state index contributed by atoms with van der Waals surface area (Å²) in [6, 6.07) is 0. The predicted octanol–water partition coefficient (Wildman–Crippen LogP) is 0.806. The van der Waals surface area contributed by atoms with Crippen LogP contribution >= 0.6 is 0 Å². The number of ether oxygens (including phenoxy) is 3. The first-order valence-corrected chi connectivity index (χ1v) is 5.20. The maximum absolute atomic E-state index is 9.17. The summed E-state index contributed by atoms with van der Waals surface area (Å²) in [5.41, 5.74) is 0. The lowest BCUT2D eigenvalue weighted by Gasteiger charge is -2.30. The molecule has 0 amide bonds. The van der Waals surface area contributed by atoms with E-state index in [2.05, 4.69) is 6.08 Å². The maximum atomic E-state index is 9.17. The quantitative estimate of drug-likeness (QED) is 0.527. The topological polar surface area (TPSA) is 47.9 Å². The van der Waals surface area contributed by atoms with Crippen LogP contribution in [-0.2, 0) is 14.2 Å². The molecule has 4 heteroatoms. The molecule has 0 unspecified atom stereocenters. The zero-order valence-electron chi connectivity index (χ0n) is 9.39. The molecule has 88 valence electrons. The smallest absolute Gasteiger partial charge is 0.146 e. The van der Waals surface area contributed by atoms with Gasteiger partial charge in [-0.1, -0.05) is 12.2 Å². The molecule has 0 aromatic carbocycles. The normalized spacial score (nSPS) is 30.7. The van der Waals surface area contributed by atoms with Crippen LogP contribution in [0, 0.1) is 11.8 Å². The van der Waals surface area contributed by atoms with Crippen molar-refractivity contribution >= 4 is 0 Å². The first-order valence-electron chi connectivity index (χ1n) is 5.20. The van der Waals surface area contributed by atoms with Crippen LogP contribution in [0.1, 0.15) is 6.42 Å². The van der Waals surface area contributed by atoms with E-state index in [1.165, 1.54) is 0 Å². The molecule has 1 N–H and O–H groups in total. The lowest BCUT2D eigenvalue weighted by molar-refractivity contribution is -0.100. The molecule has 0 saturated heterocycles. The van der Waals surface area contributed by atoms with Gasteiger partial charge in [0.15, 0.2) is 0 Å². The third kappa shape index (κ3) is 3.91. The number of methoxy groups -OCH3 is 2. The highest BCUT2D eigenvalue weighted by Gasteiger charge is 2.26. The minimum Gasteiger partial charge on any atom is -0.396 e. The Bertz CT molecular complexity index is 193. The number of aliphatic hydroxyl groups is 1. The van der Waals surface area contributed by atoms with Crippen molar-refractivity contribution in [2.24, 2.45) is 11.8 Å². The van der Waals surface area contributed by atoms with E-state index in [4.69, 9.17) is 14.2 Å². The summed E-state index contributed by atoms with van der Waals surface area (Å²) in [6.07, 6.45) is 5.00. The van der Waals surface area contributed by atoms with Crippen molar-refractivity contribution in [1.82, 2.24) is 0 Å². The molecule has 1 aliphatic rings. The van der Waals surface area contributed by atoms with Crippen LogP contribution in [0.5, 0.6) is 0 Å². The molecule has 0 bridgehead atoms. The molecule has 0 saturated carbocycles. The molecule has 1 rings (SSSR count). The second-order valence-electron chi connectivity index (χ2n) is 3.79. The van der Waals surface area contributed by atoms with Crippen LogP contribution in [0.15, 0.2) is 12.2 Å². The summed E-state index contributed by atoms with van der Waals surface area (Å²) in [5.74, 6) is 0.452. The Kier molecular flexibility index (Phi) is 5.86. The van der Waals surface area contributed by atoms with E-state index in [1.807, 2.05) is 6.08 Å². The van der Waals surface area contributed by atoms with Gasteiger partial charge in [0.2, 0.25) is 0 Å². The maximum Gasteiger partial charge on any atom is 0.146 e. The molecule has 3 atom stereocenters. The van der Waals surface area contributed by atoms with Crippen molar-refractivity contribution in [3.63, 3.8) is 0 Å². The second kappa shape index (κ2) is 6.95. The average molecular weight is 216 g/mol. The van der Waals surface area contributed by atoms with E-state index in [9.17, 15) is 5.11 Å². The third-order valence-corrected chi connectivity index (χ3v) is 2.63. The molecule has 15 heavy (non-hydrogen) atoms. The lowest BCUT2D eigenvalue weighted by atomic mass is 9.86. The fourth-order valence-corrected chi connectivity index (χ4v) is 1.84. The SMILES string of the molecule is COCO[C@@H]1C[C@H](COC)C=C[C@H]1CO. The molecule has 0 aromatic heterocycles. The largest absolute Gasteiger partial charge is 0.396 e. The predicted molar refractivity (Wildman–Crippen MR) is 56.4 cm³/mol. The summed E-state index contributed by atoms with van der Waals surface area (Å²) in [4.78, 5) is 0. The van der Waals surface area contributed by atoms with Crippen LogP contribution in [0.25, 0.3) is 0 Å². The van der Waals surface area contributed by atoms with Crippen molar-refractivity contribution < 1.29 is 19.3 Å². The van der Waals surface area contributed by atoms with Crippen molar-refractivity contribution in [1.29, 1.82) is 0 Å². The summed E-state index contributed by atoms with van der Waals surface area (Å²) in [6.45, 7) is 1.08. The Hall–Kier alpha value is -0.420. The number of hydrogen-bond acceptors (Lipinski definition) is 4. The molecular formula is C11H20O4. The highest BCUT2D eigenvalue weighted by Crippen LogP contribution is 2.25. The van der Waals surface area contributed by atoms with Crippen molar-refractivity contribution in [2.75, 3.05) is 34.2 Å². The number of hydrogen-bond donors (Lipinski definition) is 1.